The van der Waals surface area contributed by atoms with Crippen LogP contribution in [0.1, 0.15) is 36.5 Å². The van der Waals surface area contributed by atoms with E-state index in [0.29, 0.717) is 6.61 Å². The number of hydrogen-bond donors (Lipinski definition) is 1. The number of halogens is 2. The maximum absolute atomic E-state index is 13.3. The molecule has 4 rings (SSSR count). The van der Waals surface area contributed by atoms with Gasteiger partial charge in [0.25, 0.3) is 0 Å². The summed E-state index contributed by atoms with van der Waals surface area (Å²) in [6, 6.07) is 6.97. The molecule has 0 bridgehead atoms. The van der Waals surface area contributed by atoms with E-state index in [-0.39, 0.29) is 41.3 Å². The average Bonchev–Trinajstić information content (AvgIpc) is 3.12. The molecule has 1 atom stereocenters. The van der Waals surface area contributed by atoms with Crippen LogP contribution in [0, 0.1) is 5.82 Å². The minimum Gasteiger partial charge on any atom is -0.370 e. The summed E-state index contributed by atoms with van der Waals surface area (Å²) >= 11 is 0. The van der Waals surface area contributed by atoms with Gasteiger partial charge >= 0.3 is 0 Å². The van der Waals surface area contributed by atoms with Crippen molar-refractivity contribution in [3.05, 3.63) is 53.6 Å². The number of aromatic nitrogens is 2. The Hall–Kier alpha value is -1.68. The molecule has 1 saturated carbocycles. The summed E-state index contributed by atoms with van der Waals surface area (Å²) in [6.45, 7) is 3.01. The third-order valence-electron chi connectivity index (χ3n) is 6.03. The van der Waals surface area contributed by atoms with Gasteiger partial charge in [0.2, 0.25) is 0 Å². The third kappa shape index (κ3) is 4.74. The van der Waals surface area contributed by atoms with Gasteiger partial charge in [0, 0.05) is 44.4 Å². The molecule has 29 heavy (non-hydrogen) atoms. The first-order chi connectivity index (χ1) is 13.6. The molecule has 0 radical (unpaired) electrons. The lowest BCUT2D eigenvalue weighted by molar-refractivity contribution is -0.00820. The fourth-order valence-electron chi connectivity index (χ4n) is 4.20. The SMILES string of the molecule is CN=C(NCC1(c2ccc(F)cc2)CCC1)N1CCOC(c2cnn(C)c2)C1.I. The highest BCUT2D eigenvalue weighted by Gasteiger charge is 2.39. The van der Waals surface area contributed by atoms with E-state index < -0.39 is 0 Å². The van der Waals surface area contributed by atoms with Gasteiger partial charge < -0.3 is 15.0 Å². The zero-order chi connectivity index (χ0) is 19.6. The first-order valence-electron chi connectivity index (χ1n) is 9.91. The summed E-state index contributed by atoms with van der Waals surface area (Å²) in [4.78, 5) is 6.76. The zero-order valence-corrected chi connectivity index (χ0v) is 19.3. The monoisotopic (exact) mass is 513 g/mol. The van der Waals surface area contributed by atoms with E-state index in [4.69, 9.17) is 4.74 Å². The minimum atomic E-state index is -0.184. The molecule has 1 aromatic heterocycles. The molecule has 2 heterocycles. The standard InChI is InChI=1S/C21H28FN5O.HI/c1-23-20(27-10-11-28-19(14-27)16-12-25-26(2)13-16)24-15-21(8-3-9-21)17-4-6-18(22)7-5-17;/h4-7,12-13,19H,3,8-11,14-15H2,1-2H3,(H,23,24);1H. The number of nitrogens with one attached hydrogen (secondary N) is 1. The van der Waals surface area contributed by atoms with Crippen molar-refractivity contribution in [2.45, 2.75) is 30.8 Å². The Labute approximate surface area is 188 Å². The Balaban J connectivity index is 0.00000240. The highest BCUT2D eigenvalue weighted by Crippen LogP contribution is 2.43. The first kappa shape index (κ1) is 22.0. The van der Waals surface area contributed by atoms with Gasteiger partial charge in [0.15, 0.2) is 5.96 Å². The molecular formula is C21H29FIN5O. The Morgan fingerprint density at radius 1 is 1.34 bits per heavy atom. The van der Waals surface area contributed by atoms with Crippen molar-refractivity contribution in [3.63, 3.8) is 0 Å². The third-order valence-corrected chi connectivity index (χ3v) is 6.03. The Kier molecular flexibility index (Phi) is 7.15. The maximum Gasteiger partial charge on any atom is 0.193 e. The number of rotatable bonds is 4. The van der Waals surface area contributed by atoms with E-state index in [0.717, 1.165) is 44.0 Å². The van der Waals surface area contributed by atoms with Crippen molar-refractivity contribution in [1.82, 2.24) is 20.0 Å². The van der Waals surface area contributed by atoms with Crippen LogP contribution in [0.5, 0.6) is 0 Å². The van der Waals surface area contributed by atoms with E-state index in [1.165, 1.54) is 12.0 Å². The summed E-state index contributed by atoms with van der Waals surface area (Å²) in [5.74, 6) is 0.710. The maximum atomic E-state index is 13.3. The molecule has 8 heteroatoms. The molecule has 1 N–H and O–H groups in total. The predicted octanol–water partition coefficient (Wildman–Crippen LogP) is 3.25. The topological polar surface area (TPSA) is 54.7 Å². The van der Waals surface area contributed by atoms with Crippen LogP contribution in [0.3, 0.4) is 0 Å². The fourth-order valence-corrected chi connectivity index (χ4v) is 4.20. The van der Waals surface area contributed by atoms with E-state index >= 15 is 0 Å². The fraction of sp³-hybridized carbons (Fsp3) is 0.524. The van der Waals surface area contributed by atoms with Crippen molar-refractivity contribution >= 4 is 29.9 Å². The largest absolute Gasteiger partial charge is 0.370 e. The number of morpholine rings is 1. The summed E-state index contributed by atoms with van der Waals surface area (Å²) in [6.07, 6.45) is 7.30. The van der Waals surface area contributed by atoms with Gasteiger partial charge in [-0.1, -0.05) is 18.6 Å². The molecule has 1 unspecified atom stereocenters. The smallest absolute Gasteiger partial charge is 0.193 e. The Morgan fingerprint density at radius 3 is 2.69 bits per heavy atom. The van der Waals surface area contributed by atoms with Crippen LogP contribution in [-0.4, -0.2) is 53.9 Å². The first-order valence-corrected chi connectivity index (χ1v) is 9.91. The number of guanidine groups is 1. The summed E-state index contributed by atoms with van der Waals surface area (Å²) < 4.78 is 21.1. The number of ether oxygens (including phenoxy) is 1. The Morgan fingerprint density at radius 2 is 2.10 bits per heavy atom. The van der Waals surface area contributed by atoms with Crippen LogP contribution in [0.2, 0.25) is 0 Å². The normalized spacial score (nSPS) is 21.3. The molecule has 158 valence electrons. The molecule has 6 nitrogen and oxygen atoms in total. The quantitative estimate of drug-likeness (QED) is 0.388. The van der Waals surface area contributed by atoms with Crippen LogP contribution >= 0.6 is 24.0 Å². The van der Waals surface area contributed by atoms with Gasteiger partial charge in [0.1, 0.15) is 11.9 Å². The molecule has 0 spiro atoms. The second kappa shape index (κ2) is 9.42. The molecule has 2 fully saturated rings. The van der Waals surface area contributed by atoms with Crippen molar-refractivity contribution in [3.8, 4) is 0 Å². The van der Waals surface area contributed by atoms with Crippen LogP contribution < -0.4 is 5.32 Å². The second-order valence-electron chi connectivity index (χ2n) is 7.79. The molecule has 1 aliphatic heterocycles. The van der Waals surface area contributed by atoms with Crippen LogP contribution in [0.15, 0.2) is 41.7 Å². The summed E-state index contributed by atoms with van der Waals surface area (Å²) in [5, 5.41) is 7.83. The summed E-state index contributed by atoms with van der Waals surface area (Å²) in [5.41, 5.74) is 2.36. The molecular weight excluding hydrogens is 484 g/mol. The predicted molar refractivity (Wildman–Crippen MR) is 122 cm³/mol. The molecule has 1 aliphatic carbocycles. The molecule has 1 saturated heterocycles. The van der Waals surface area contributed by atoms with Crippen molar-refractivity contribution in [2.24, 2.45) is 12.0 Å². The molecule has 2 aromatic rings. The highest BCUT2D eigenvalue weighted by molar-refractivity contribution is 14.0. The van der Waals surface area contributed by atoms with E-state index in [1.54, 1.807) is 16.8 Å². The van der Waals surface area contributed by atoms with Crippen molar-refractivity contribution in [2.75, 3.05) is 33.3 Å². The number of aryl methyl sites for hydroxylation is 1. The van der Waals surface area contributed by atoms with E-state index in [2.05, 4.69) is 20.3 Å². The highest BCUT2D eigenvalue weighted by atomic mass is 127. The van der Waals surface area contributed by atoms with Gasteiger partial charge in [-0.2, -0.15) is 5.10 Å². The van der Waals surface area contributed by atoms with E-state index in [1.807, 2.05) is 38.6 Å². The van der Waals surface area contributed by atoms with Crippen LogP contribution in [0.4, 0.5) is 4.39 Å². The Bertz CT molecular complexity index is 834. The zero-order valence-electron chi connectivity index (χ0n) is 17.0. The molecule has 0 amide bonds. The van der Waals surface area contributed by atoms with Gasteiger partial charge in [-0.05, 0) is 30.5 Å². The molecule has 2 aliphatic rings. The molecule has 1 aromatic carbocycles. The average molecular weight is 513 g/mol. The van der Waals surface area contributed by atoms with Crippen LogP contribution in [0.25, 0.3) is 0 Å². The summed E-state index contributed by atoms with van der Waals surface area (Å²) in [7, 11) is 3.74. The number of benzene rings is 1. The van der Waals surface area contributed by atoms with E-state index in [9.17, 15) is 4.39 Å². The lowest BCUT2D eigenvalue weighted by Gasteiger charge is -2.44. The second-order valence-corrected chi connectivity index (χ2v) is 7.79. The van der Waals surface area contributed by atoms with Crippen molar-refractivity contribution in [1.29, 1.82) is 0 Å². The van der Waals surface area contributed by atoms with Crippen molar-refractivity contribution < 1.29 is 9.13 Å². The number of nitrogens with zero attached hydrogens (tertiary/aromatic N) is 4. The van der Waals surface area contributed by atoms with Gasteiger partial charge in [-0.3, -0.25) is 9.67 Å². The lowest BCUT2D eigenvalue weighted by atomic mass is 9.64. The lowest BCUT2D eigenvalue weighted by Crippen LogP contribution is -2.52. The van der Waals surface area contributed by atoms with Gasteiger partial charge in [0.05, 0.1) is 19.3 Å². The number of hydrogen-bond acceptors (Lipinski definition) is 3. The van der Waals surface area contributed by atoms with Gasteiger partial charge in [-0.25, -0.2) is 4.39 Å². The minimum absolute atomic E-state index is 0. The van der Waals surface area contributed by atoms with Crippen LogP contribution in [-0.2, 0) is 17.2 Å². The number of aliphatic imine (C=N–C) groups is 1. The van der Waals surface area contributed by atoms with Gasteiger partial charge in [-0.15, -0.1) is 24.0 Å².